The number of aliphatic hydroxyl groups is 1. The van der Waals surface area contributed by atoms with Crippen molar-refractivity contribution < 1.29 is 5.11 Å². The fraction of sp³-hybridized carbons (Fsp3) is 1.00. The third-order valence-electron chi connectivity index (χ3n) is 5.74. The summed E-state index contributed by atoms with van der Waals surface area (Å²) in [6.45, 7) is 3.34. The van der Waals surface area contributed by atoms with E-state index in [1.165, 1.54) is 38.6 Å². The van der Waals surface area contributed by atoms with Crippen LogP contribution in [0.25, 0.3) is 0 Å². The fourth-order valence-corrected chi connectivity index (χ4v) is 4.67. The Bertz CT molecular complexity index is 296. The molecule has 0 amide bonds. The van der Waals surface area contributed by atoms with Crippen LogP contribution in [0.2, 0.25) is 0 Å². The molecule has 104 valence electrons. The molecule has 18 heavy (non-hydrogen) atoms. The summed E-state index contributed by atoms with van der Waals surface area (Å²) in [7, 11) is 4.39. The van der Waals surface area contributed by atoms with Crippen molar-refractivity contribution in [2.45, 2.75) is 44.2 Å². The monoisotopic (exact) mass is 252 g/mol. The highest BCUT2D eigenvalue weighted by Gasteiger charge is 2.45. The number of fused-ring (bicyclic) bond motifs is 2. The number of hydrogen-bond acceptors (Lipinski definition) is 3. The molecule has 2 aliphatic carbocycles. The van der Waals surface area contributed by atoms with E-state index in [1.54, 1.807) is 0 Å². The summed E-state index contributed by atoms with van der Waals surface area (Å²) < 4.78 is 0. The molecule has 0 aromatic carbocycles. The number of likely N-dealkylation sites (N-methyl/N-ethyl adjacent to an activating group) is 2. The molecular weight excluding hydrogens is 224 g/mol. The molecule has 0 spiro atoms. The summed E-state index contributed by atoms with van der Waals surface area (Å²) in [5.74, 6) is 2.35. The Balaban J connectivity index is 1.68. The molecule has 0 aromatic heterocycles. The first kappa shape index (κ1) is 12.9. The number of rotatable bonds is 2. The van der Waals surface area contributed by atoms with E-state index >= 15 is 0 Å². The van der Waals surface area contributed by atoms with E-state index in [2.05, 4.69) is 23.9 Å². The lowest BCUT2D eigenvalue weighted by Crippen LogP contribution is -2.50. The number of nitrogens with zero attached hydrogens (tertiary/aromatic N) is 2. The molecule has 5 atom stereocenters. The summed E-state index contributed by atoms with van der Waals surface area (Å²) in [6, 6.07) is 0.349. The van der Waals surface area contributed by atoms with E-state index in [-0.39, 0.29) is 6.10 Å². The molecule has 2 bridgehead atoms. The second-order valence-electron chi connectivity index (χ2n) is 6.99. The lowest BCUT2D eigenvalue weighted by atomic mass is 9.81. The Morgan fingerprint density at radius 3 is 2.61 bits per heavy atom. The average Bonchev–Trinajstić information content (AvgIpc) is 2.93. The largest absolute Gasteiger partial charge is 0.391 e. The van der Waals surface area contributed by atoms with E-state index in [9.17, 15) is 5.11 Å². The molecule has 3 fully saturated rings. The molecular formula is C15H28N2O. The van der Waals surface area contributed by atoms with Gasteiger partial charge in [-0.3, -0.25) is 4.90 Å². The van der Waals surface area contributed by atoms with Gasteiger partial charge < -0.3 is 10.0 Å². The van der Waals surface area contributed by atoms with Gasteiger partial charge in [0, 0.05) is 12.6 Å². The molecule has 3 nitrogen and oxygen atoms in total. The average molecular weight is 252 g/mol. The molecule has 1 saturated heterocycles. The first-order chi connectivity index (χ1) is 8.65. The van der Waals surface area contributed by atoms with Crippen LogP contribution in [0.15, 0.2) is 0 Å². The van der Waals surface area contributed by atoms with Gasteiger partial charge in [-0.25, -0.2) is 0 Å². The highest BCUT2D eigenvalue weighted by atomic mass is 16.3. The molecule has 0 radical (unpaired) electrons. The van der Waals surface area contributed by atoms with Crippen LogP contribution in [0.3, 0.4) is 0 Å². The van der Waals surface area contributed by atoms with Gasteiger partial charge in [0.1, 0.15) is 0 Å². The van der Waals surface area contributed by atoms with Crippen LogP contribution in [0.1, 0.15) is 32.1 Å². The van der Waals surface area contributed by atoms with Gasteiger partial charge in [-0.2, -0.15) is 0 Å². The van der Waals surface area contributed by atoms with Crippen molar-refractivity contribution in [1.82, 2.24) is 9.80 Å². The minimum atomic E-state index is -0.106. The Kier molecular flexibility index (Phi) is 3.65. The zero-order chi connectivity index (χ0) is 12.7. The zero-order valence-corrected chi connectivity index (χ0v) is 11.9. The van der Waals surface area contributed by atoms with Crippen LogP contribution >= 0.6 is 0 Å². The van der Waals surface area contributed by atoms with Crippen LogP contribution in [-0.4, -0.2) is 60.8 Å². The number of hydrogen-bond donors (Lipinski definition) is 1. The van der Waals surface area contributed by atoms with Crippen LogP contribution < -0.4 is 0 Å². The minimum Gasteiger partial charge on any atom is -0.391 e. The molecule has 1 heterocycles. The summed E-state index contributed by atoms with van der Waals surface area (Å²) >= 11 is 0. The van der Waals surface area contributed by atoms with Crippen molar-refractivity contribution in [2.24, 2.45) is 17.8 Å². The third kappa shape index (κ3) is 2.33. The molecule has 3 aliphatic rings. The van der Waals surface area contributed by atoms with Gasteiger partial charge in [0.15, 0.2) is 0 Å². The highest BCUT2D eigenvalue weighted by Crippen LogP contribution is 2.50. The van der Waals surface area contributed by atoms with Gasteiger partial charge in [-0.05, 0) is 70.6 Å². The quantitative estimate of drug-likeness (QED) is 0.805. The Labute approximate surface area is 111 Å². The van der Waals surface area contributed by atoms with Crippen molar-refractivity contribution in [2.75, 3.05) is 33.7 Å². The van der Waals surface area contributed by atoms with Crippen molar-refractivity contribution in [1.29, 1.82) is 0 Å². The minimum absolute atomic E-state index is 0.106. The van der Waals surface area contributed by atoms with E-state index in [0.717, 1.165) is 24.9 Å². The van der Waals surface area contributed by atoms with E-state index in [1.807, 2.05) is 0 Å². The third-order valence-corrected chi connectivity index (χ3v) is 5.74. The number of aliphatic hydroxyl groups excluding tert-OH is 1. The van der Waals surface area contributed by atoms with Gasteiger partial charge in [-0.1, -0.05) is 6.42 Å². The fourth-order valence-electron chi connectivity index (χ4n) is 4.67. The molecule has 3 rings (SSSR count). The predicted molar refractivity (Wildman–Crippen MR) is 73.5 cm³/mol. The van der Waals surface area contributed by atoms with E-state index in [4.69, 9.17) is 0 Å². The second-order valence-corrected chi connectivity index (χ2v) is 6.99. The molecule has 0 aromatic rings. The summed E-state index contributed by atoms with van der Waals surface area (Å²) in [6.07, 6.45) is 6.61. The lowest BCUT2D eigenvalue weighted by Gasteiger charge is -2.37. The van der Waals surface area contributed by atoms with E-state index in [0.29, 0.717) is 12.0 Å². The first-order valence-corrected chi connectivity index (χ1v) is 7.72. The standard InChI is InChI=1S/C15H28N2O/c1-16-6-3-7-17(2)14(10-16)15(18)13-9-11-4-5-12(13)8-11/h11-15,18H,3-10H2,1-2H3. The Morgan fingerprint density at radius 2 is 1.94 bits per heavy atom. The zero-order valence-electron chi connectivity index (χ0n) is 11.9. The Hall–Kier alpha value is -0.120. The molecule has 3 heteroatoms. The predicted octanol–water partition coefficient (Wildman–Crippen LogP) is 1.42. The smallest absolute Gasteiger partial charge is 0.0738 e. The van der Waals surface area contributed by atoms with Gasteiger partial charge in [0.05, 0.1) is 6.10 Å². The van der Waals surface area contributed by atoms with Crippen LogP contribution in [0.5, 0.6) is 0 Å². The lowest BCUT2D eigenvalue weighted by molar-refractivity contribution is -0.00235. The summed E-state index contributed by atoms with van der Waals surface area (Å²) in [5.41, 5.74) is 0. The first-order valence-electron chi connectivity index (χ1n) is 7.72. The van der Waals surface area contributed by atoms with Crippen molar-refractivity contribution in [3.05, 3.63) is 0 Å². The maximum atomic E-state index is 10.8. The van der Waals surface area contributed by atoms with Crippen molar-refractivity contribution in [3.8, 4) is 0 Å². The second kappa shape index (κ2) is 5.10. The molecule has 1 aliphatic heterocycles. The maximum Gasteiger partial charge on any atom is 0.0738 e. The van der Waals surface area contributed by atoms with Crippen molar-refractivity contribution in [3.63, 3.8) is 0 Å². The van der Waals surface area contributed by atoms with Gasteiger partial charge >= 0.3 is 0 Å². The van der Waals surface area contributed by atoms with Gasteiger partial charge in [0.2, 0.25) is 0 Å². The van der Waals surface area contributed by atoms with Crippen LogP contribution in [0, 0.1) is 17.8 Å². The normalized spacial score (nSPS) is 44.2. The van der Waals surface area contributed by atoms with Gasteiger partial charge in [0.25, 0.3) is 0 Å². The van der Waals surface area contributed by atoms with E-state index < -0.39 is 0 Å². The molecule has 1 N–H and O–H groups in total. The van der Waals surface area contributed by atoms with Crippen LogP contribution in [0.4, 0.5) is 0 Å². The van der Waals surface area contributed by atoms with Crippen molar-refractivity contribution >= 4 is 0 Å². The summed E-state index contributed by atoms with van der Waals surface area (Å²) in [5, 5.41) is 10.8. The highest BCUT2D eigenvalue weighted by molar-refractivity contribution is 4.97. The summed E-state index contributed by atoms with van der Waals surface area (Å²) in [4.78, 5) is 4.80. The van der Waals surface area contributed by atoms with Crippen LogP contribution in [-0.2, 0) is 0 Å². The molecule has 2 saturated carbocycles. The maximum absolute atomic E-state index is 10.8. The SMILES string of the molecule is CN1CCCN(C)C(C(O)C2CC3CCC2C3)C1. The van der Waals surface area contributed by atoms with Gasteiger partial charge in [-0.15, -0.1) is 0 Å². The topological polar surface area (TPSA) is 26.7 Å². The molecule has 5 unspecified atom stereocenters. The Morgan fingerprint density at radius 1 is 1.11 bits per heavy atom.